The van der Waals surface area contributed by atoms with Crippen molar-refractivity contribution in [3.8, 4) is 16.9 Å². The van der Waals surface area contributed by atoms with E-state index in [-0.39, 0.29) is 22.5 Å². The Hall–Kier alpha value is -4.15. The van der Waals surface area contributed by atoms with Gasteiger partial charge in [0.25, 0.3) is 5.91 Å². The zero-order valence-corrected chi connectivity index (χ0v) is 24.5. The lowest BCUT2D eigenvalue weighted by atomic mass is 10.1. The Morgan fingerprint density at radius 3 is 2.17 bits per heavy atom. The Morgan fingerprint density at radius 2 is 1.59 bits per heavy atom. The van der Waals surface area contributed by atoms with Gasteiger partial charge in [-0.1, -0.05) is 51.1 Å². The molecule has 9 nitrogen and oxygen atoms in total. The van der Waals surface area contributed by atoms with Gasteiger partial charge in [-0.3, -0.25) is 9.59 Å². The first-order valence-corrected chi connectivity index (χ1v) is 14.8. The van der Waals surface area contributed by atoms with Crippen LogP contribution >= 0.6 is 0 Å². The van der Waals surface area contributed by atoms with Gasteiger partial charge in [-0.25, -0.2) is 8.42 Å². The van der Waals surface area contributed by atoms with Crippen molar-refractivity contribution in [1.29, 1.82) is 0 Å². The molecule has 0 radical (unpaired) electrons. The summed E-state index contributed by atoms with van der Waals surface area (Å²) in [5.74, 6) is -0.403. The van der Waals surface area contributed by atoms with Crippen molar-refractivity contribution >= 4 is 38.6 Å². The van der Waals surface area contributed by atoms with E-state index >= 15 is 0 Å². The van der Waals surface area contributed by atoms with Crippen molar-refractivity contribution in [3.05, 3.63) is 78.1 Å². The number of esters is 1. The average Bonchev–Trinajstić information content (AvgIpc) is 3.31. The van der Waals surface area contributed by atoms with Crippen LogP contribution in [0.15, 0.2) is 76.0 Å². The van der Waals surface area contributed by atoms with Crippen molar-refractivity contribution in [2.75, 3.05) is 19.0 Å². The first-order chi connectivity index (χ1) is 19.6. The van der Waals surface area contributed by atoms with Gasteiger partial charge in [0, 0.05) is 11.3 Å². The van der Waals surface area contributed by atoms with E-state index in [0.717, 1.165) is 22.9 Å². The predicted octanol–water partition coefficient (Wildman–Crippen LogP) is 5.93. The van der Waals surface area contributed by atoms with Crippen molar-refractivity contribution in [3.63, 3.8) is 0 Å². The molecule has 0 spiro atoms. The number of amides is 1. The van der Waals surface area contributed by atoms with E-state index in [1.807, 2.05) is 38.1 Å². The summed E-state index contributed by atoms with van der Waals surface area (Å²) in [4.78, 5) is 25.1. The summed E-state index contributed by atoms with van der Waals surface area (Å²) in [6.07, 6.45) is 0.868. The van der Waals surface area contributed by atoms with Crippen LogP contribution in [0, 0.1) is 12.8 Å². The van der Waals surface area contributed by atoms with E-state index in [0.29, 0.717) is 29.2 Å². The molecule has 1 amide bonds. The molecule has 0 fully saturated rings. The van der Waals surface area contributed by atoms with E-state index in [2.05, 4.69) is 10.0 Å². The topological polar surface area (TPSA) is 124 Å². The van der Waals surface area contributed by atoms with Gasteiger partial charge in [0.15, 0.2) is 5.76 Å². The number of methoxy groups -OCH3 is 1. The second kappa shape index (κ2) is 12.6. The zero-order chi connectivity index (χ0) is 29.7. The number of hydrogen-bond donors (Lipinski definition) is 2. The van der Waals surface area contributed by atoms with Gasteiger partial charge in [-0.05, 0) is 66.8 Å². The van der Waals surface area contributed by atoms with Crippen molar-refractivity contribution in [2.45, 2.75) is 45.1 Å². The lowest BCUT2D eigenvalue weighted by Crippen LogP contribution is -2.44. The molecule has 1 heterocycles. The third kappa shape index (κ3) is 6.61. The fourth-order valence-corrected chi connectivity index (χ4v) is 5.73. The van der Waals surface area contributed by atoms with Crippen molar-refractivity contribution in [2.24, 2.45) is 5.92 Å². The monoisotopic (exact) mass is 578 g/mol. The Balaban J connectivity index is 1.47. The number of anilines is 1. The number of carbonyl (C=O) groups excluding carboxylic acids is 2. The quantitative estimate of drug-likeness (QED) is 0.212. The Kier molecular flexibility index (Phi) is 9.14. The molecule has 10 heteroatoms. The maximum atomic E-state index is 13.1. The van der Waals surface area contributed by atoms with E-state index in [1.165, 1.54) is 19.2 Å². The van der Waals surface area contributed by atoms with Crippen molar-refractivity contribution in [1.82, 2.24) is 4.72 Å². The van der Waals surface area contributed by atoms with Crippen LogP contribution in [-0.2, 0) is 19.6 Å². The Labute approximate surface area is 239 Å². The highest BCUT2D eigenvalue weighted by atomic mass is 32.2. The summed E-state index contributed by atoms with van der Waals surface area (Å²) in [5.41, 5.74) is 3.47. The number of carbonyl (C=O) groups is 2. The summed E-state index contributed by atoms with van der Waals surface area (Å²) >= 11 is 0. The number of hydrogen-bond acceptors (Lipinski definition) is 7. The van der Waals surface area contributed by atoms with Crippen molar-refractivity contribution < 1.29 is 31.9 Å². The molecule has 4 aromatic rings. The molecule has 0 aliphatic heterocycles. The fraction of sp³-hybridized carbons (Fsp3) is 0.290. The molecule has 0 aliphatic carbocycles. The van der Waals surface area contributed by atoms with Gasteiger partial charge < -0.3 is 19.2 Å². The predicted molar refractivity (Wildman–Crippen MR) is 158 cm³/mol. The summed E-state index contributed by atoms with van der Waals surface area (Å²) in [6, 6.07) is 18.0. The number of nitrogens with one attached hydrogen (secondary N) is 2. The first kappa shape index (κ1) is 29.8. The molecule has 0 saturated heterocycles. The molecule has 1 unspecified atom stereocenters. The van der Waals surface area contributed by atoms with E-state index in [4.69, 9.17) is 13.9 Å². The number of aryl methyl sites for hydroxylation is 1. The number of sulfonamides is 1. The molecule has 41 heavy (non-hydrogen) atoms. The highest BCUT2D eigenvalue weighted by Gasteiger charge is 2.29. The van der Waals surface area contributed by atoms with Crippen LogP contribution < -0.4 is 14.8 Å². The van der Waals surface area contributed by atoms with Gasteiger partial charge in [-0.15, -0.1) is 0 Å². The van der Waals surface area contributed by atoms with Gasteiger partial charge in [0.2, 0.25) is 10.0 Å². The van der Waals surface area contributed by atoms with Gasteiger partial charge >= 0.3 is 5.97 Å². The molecular formula is C31H34N2O7S. The average molecular weight is 579 g/mol. The molecule has 4 rings (SSSR count). The molecule has 0 aliphatic rings. The smallest absolute Gasteiger partial charge is 0.324 e. The fourth-order valence-electron chi connectivity index (χ4n) is 4.39. The summed E-state index contributed by atoms with van der Waals surface area (Å²) in [5, 5.41) is 3.66. The molecule has 216 valence electrons. The van der Waals surface area contributed by atoms with Gasteiger partial charge in [0.1, 0.15) is 17.4 Å². The van der Waals surface area contributed by atoms with Crippen LogP contribution in [0.2, 0.25) is 0 Å². The number of rotatable bonds is 11. The minimum atomic E-state index is -3.94. The molecule has 0 saturated carbocycles. The zero-order valence-electron chi connectivity index (χ0n) is 23.7. The lowest BCUT2D eigenvalue weighted by molar-refractivity contribution is -0.143. The largest absolute Gasteiger partial charge is 0.493 e. The summed E-state index contributed by atoms with van der Waals surface area (Å²) in [7, 11) is -2.72. The number of benzene rings is 3. The van der Waals surface area contributed by atoms with E-state index < -0.39 is 22.0 Å². The third-order valence-electron chi connectivity index (χ3n) is 6.63. The molecule has 3 aromatic carbocycles. The number of ether oxygens (including phenoxy) is 2. The minimum absolute atomic E-state index is 0.0316. The van der Waals surface area contributed by atoms with E-state index in [9.17, 15) is 18.0 Å². The summed E-state index contributed by atoms with van der Waals surface area (Å²) in [6.45, 7) is 7.90. The first-order valence-electron chi connectivity index (χ1n) is 13.3. The van der Waals surface area contributed by atoms with Gasteiger partial charge in [-0.2, -0.15) is 4.72 Å². The highest BCUT2D eigenvalue weighted by molar-refractivity contribution is 7.89. The maximum Gasteiger partial charge on any atom is 0.324 e. The highest BCUT2D eigenvalue weighted by Crippen LogP contribution is 2.34. The van der Waals surface area contributed by atoms with Crippen LogP contribution in [0.1, 0.15) is 43.3 Å². The molecule has 1 aromatic heterocycles. The molecule has 2 N–H and O–H groups in total. The van der Waals surface area contributed by atoms with Crippen LogP contribution in [0.3, 0.4) is 0 Å². The van der Waals surface area contributed by atoms with Crippen LogP contribution in [0.5, 0.6) is 5.75 Å². The summed E-state index contributed by atoms with van der Waals surface area (Å²) < 4.78 is 44.6. The van der Waals surface area contributed by atoms with Crippen LogP contribution in [-0.4, -0.2) is 40.1 Å². The second-order valence-electron chi connectivity index (χ2n) is 9.96. The SMILES string of the molecule is CCCOc1cccc2oc(C(=O)Nc3ccc(-c4ccc(S(=O)(=O)NC(C(=O)OC)C(C)C)cc4)cc3)c(C)c12. The standard InChI is InChI=1S/C31H34N2O7S/c1-6-18-39-25-8-7-9-26-27(25)20(4)29(40-26)30(34)32-23-14-10-21(11-15-23)22-12-16-24(17-13-22)41(36,37)33-28(19(2)3)31(35)38-5/h7-17,19,28,33H,6,18H2,1-5H3,(H,32,34). The Morgan fingerprint density at radius 1 is 0.951 bits per heavy atom. The maximum absolute atomic E-state index is 13.1. The molecule has 1 atom stereocenters. The van der Waals surface area contributed by atoms with Crippen LogP contribution in [0.4, 0.5) is 5.69 Å². The third-order valence-corrected chi connectivity index (χ3v) is 8.09. The molecular weight excluding hydrogens is 544 g/mol. The molecule has 0 bridgehead atoms. The Bertz CT molecular complexity index is 1640. The number of fused-ring (bicyclic) bond motifs is 1. The van der Waals surface area contributed by atoms with E-state index in [1.54, 1.807) is 44.2 Å². The second-order valence-corrected chi connectivity index (χ2v) is 11.7. The minimum Gasteiger partial charge on any atom is -0.493 e. The van der Waals surface area contributed by atoms with Crippen LogP contribution in [0.25, 0.3) is 22.1 Å². The lowest BCUT2D eigenvalue weighted by Gasteiger charge is -2.19. The van der Waals surface area contributed by atoms with Gasteiger partial charge in [0.05, 0.1) is 24.0 Å². The normalized spacial score (nSPS) is 12.3. The number of furan rings is 1.